The molecular weight excluding hydrogens is 460 g/mol. The van der Waals surface area contributed by atoms with Gasteiger partial charge in [-0.15, -0.1) is 0 Å². The van der Waals surface area contributed by atoms with Crippen molar-refractivity contribution >= 4 is 20.4 Å². The van der Waals surface area contributed by atoms with Crippen LogP contribution in [-0.2, 0) is 15.9 Å². The Morgan fingerprint density at radius 1 is 1.20 bits per heavy atom. The van der Waals surface area contributed by atoms with Gasteiger partial charge in [-0.25, -0.2) is 9.78 Å². The Kier molecular flexibility index (Phi) is 7.06. The number of hydrogen-bond acceptors (Lipinski definition) is 7. The van der Waals surface area contributed by atoms with Crippen molar-refractivity contribution in [1.82, 2.24) is 24.1 Å². The standard InChI is InChI=1S/C25H36N6O3Si/c1-28-14-11-21(12-15-28)27-24-23-10-9-22(17-30(23)35(2,3)34-24)31(25(32)29-16-13-26-19-29)33-18-20-7-5-4-6-8-20/h4-8,13,16,19,21-23H,9-12,14-15,17-18H2,1-3H3/b27-24-/t22-,23+/m1/s1. The lowest BCUT2D eigenvalue weighted by Crippen LogP contribution is -2.59. The van der Waals surface area contributed by atoms with Gasteiger partial charge in [0.25, 0.3) is 0 Å². The SMILES string of the molecule is CN1CCC(/N=C2\O[Si](C)(C)N3C[C@H](N(OCc4ccccc4)C(=O)n4ccnc4)CC[C@@H]23)CC1. The average Bonchev–Trinajstić information content (AvgIpc) is 3.48. The van der Waals surface area contributed by atoms with Crippen molar-refractivity contribution in [2.75, 3.05) is 26.7 Å². The molecule has 0 radical (unpaired) electrons. The largest absolute Gasteiger partial charge is 0.519 e. The van der Waals surface area contributed by atoms with Gasteiger partial charge in [0.05, 0.1) is 18.1 Å². The highest BCUT2D eigenvalue weighted by Gasteiger charge is 2.52. The number of piperidine rings is 2. The lowest BCUT2D eigenvalue weighted by molar-refractivity contribution is -0.162. The summed E-state index contributed by atoms with van der Waals surface area (Å²) in [6.07, 6.45) is 8.70. The third-order valence-corrected chi connectivity index (χ3v) is 9.93. The molecular formula is C25H36N6O3Si. The number of hydroxylamine groups is 2. The summed E-state index contributed by atoms with van der Waals surface area (Å²) < 4.78 is 10.5. The van der Waals surface area contributed by atoms with Gasteiger partial charge in [0.2, 0.25) is 0 Å². The Hall–Kier alpha value is -2.53. The topological polar surface area (TPSA) is 75.4 Å². The third kappa shape index (κ3) is 5.35. The Morgan fingerprint density at radius 3 is 2.69 bits per heavy atom. The van der Waals surface area contributed by atoms with Crippen molar-refractivity contribution in [3.05, 3.63) is 54.6 Å². The first-order valence-electron chi connectivity index (χ1n) is 12.6. The molecule has 188 valence electrons. The second-order valence-electron chi connectivity index (χ2n) is 10.3. The van der Waals surface area contributed by atoms with Gasteiger partial charge < -0.3 is 9.33 Å². The van der Waals surface area contributed by atoms with Crippen LogP contribution in [0.2, 0.25) is 13.1 Å². The third-order valence-electron chi connectivity index (χ3n) is 7.34. The fourth-order valence-electron chi connectivity index (χ4n) is 5.32. The van der Waals surface area contributed by atoms with Crippen LogP contribution in [-0.4, -0.2) is 89.3 Å². The van der Waals surface area contributed by atoms with E-state index in [1.54, 1.807) is 17.5 Å². The maximum absolute atomic E-state index is 13.4. The van der Waals surface area contributed by atoms with E-state index in [9.17, 15) is 4.79 Å². The lowest BCUT2D eigenvalue weighted by atomic mass is 9.99. The zero-order valence-corrected chi connectivity index (χ0v) is 21.9. The normalized spacial score (nSPS) is 26.4. The first-order valence-corrected chi connectivity index (χ1v) is 15.5. The van der Waals surface area contributed by atoms with Gasteiger partial charge in [-0.2, -0.15) is 5.06 Å². The van der Waals surface area contributed by atoms with Gasteiger partial charge in [-0.05, 0) is 64.5 Å². The highest BCUT2D eigenvalue weighted by Crippen LogP contribution is 2.35. The molecule has 35 heavy (non-hydrogen) atoms. The molecule has 3 aliphatic heterocycles. The number of nitrogens with zero attached hydrogens (tertiary/aromatic N) is 6. The van der Waals surface area contributed by atoms with Gasteiger partial charge in [-0.3, -0.25) is 19.0 Å². The van der Waals surface area contributed by atoms with Crippen molar-refractivity contribution in [1.29, 1.82) is 0 Å². The van der Waals surface area contributed by atoms with E-state index in [1.165, 1.54) is 10.9 Å². The summed E-state index contributed by atoms with van der Waals surface area (Å²) in [5.74, 6) is 0.923. The van der Waals surface area contributed by atoms with Crippen molar-refractivity contribution in [3.63, 3.8) is 0 Å². The zero-order valence-electron chi connectivity index (χ0n) is 20.9. The van der Waals surface area contributed by atoms with Crippen LogP contribution in [0.25, 0.3) is 0 Å². The minimum absolute atomic E-state index is 0.0806. The van der Waals surface area contributed by atoms with Gasteiger partial charge in [0.1, 0.15) is 12.9 Å². The van der Waals surface area contributed by atoms with Crippen LogP contribution in [0, 0.1) is 0 Å². The molecule has 2 aromatic rings. The smallest absolute Gasteiger partial charge is 0.353 e. The van der Waals surface area contributed by atoms with Crippen LogP contribution in [0.1, 0.15) is 31.2 Å². The van der Waals surface area contributed by atoms with Gasteiger partial charge in [0.15, 0.2) is 5.90 Å². The molecule has 0 bridgehead atoms. The Balaban J connectivity index is 1.32. The summed E-state index contributed by atoms with van der Waals surface area (Å²) in [6, 6.07) is 10.2. The van der Waals surface area contributed by atoms with E-state index in [1.807, 2.05) is 30.3 Å². The van der Waals surface area contributed by atoms with Crippen LogP contribution in [0.5, 0.6) is 0 Å². The number of aromatic nitrogens is 2. The van der Waals surface area contributed by atoms with E-state index in [0.717, 1.165) is 50.2 Å². The number of carbonyl (C=O) groups excluding carboxylic acids is 1. The monoisotopic (exact) mass is 496 g/mol. The summed E-state index contributed by atoms with van der Waals surface area (Å²) in [6.45, 7) is 7.68. The van der Waals surface area contributed by atoms with E-state index in [-0.39, 0.29) is 18.1 Å². The first kappa shape index (κ1) is 24.2. The van der Waals surface area contributed by atoms with Gasteiger partial charge in [-0.1, -0.05) is 30.3 Å². The van der Waals surface area contributed by atoms with Gasteiger partial charge >= 0.3 is 14.5 Å². The number of imidazole rings is 1. The summed E-state index contributed by atoms with van der Waals surface area (Å²) in [5.41, 5.74) is 1.02. The zero-order chi connectivity index (χ0) is 24.4. The number of hydrogen-bond donors (Lipinski definition) is 0. The lowest BCUT2D eigenvalue weighted by Gasteiger charge is -2.41. The Labute approximate surface area is 208 Å². The Bertz CT molecular complexity index is 1020. The minimum atomic E-state index is -2.16. The molecule has 0 spiro atoms. The fraction of sp³-hybridized carbons (Fsp3) is 0.560. The molecule has 10 heteroatoms. The molecule has 2 atom stereocenters. The number of carbonyl (C=O) groups is 1. The number of rotatable bonds is 5. The molecule has 9 nitrogen and oxygen atoms in total. The predicted molar refractivity (Wildman–Crippen MR) is 136 cm³/mol. The number of aliphatic imine (C=N–C) groups is 1. The summed E-state index contributed by atoms with van der Waals surface area (Å²) in [5, 5.41) is 1.56. The number of likely N-dealkylation sites (tertiary alicyclic amines) is 1. The van der Waals surface area contributed by atoms with Gasteiger partial charge in [0, 0.05) is 18.9 Å². The quantitative estimate of drug-likeness (QED) is 0.467. The molecule has 0 N–H and O–H groups in total. The number of fused-ring (bicyclic) bond motifs is 1. The molecule has 1 amide bonds. The second kappa shape index (κ2) is 10.2. The molecule has 5 rings (SSSR count). The van der Waals surface area contributed by atoms with E-state index in [2.05, 4.69) is 34.6 Å². The van der Waals surface area contributed by atoms with Crippen LogP contribution < -0.4 is 0 Å². The molecule has 0 saturated carbocycles. The molecule has 1 aromatic heterocycles. The first-order chi connectivity index (χ1) is 16.9. The molecule has 0 unspecified atom stereocenters. The average molecular weight is 497 g/mol. The van der Waals surface area contributed by atoms with Crippen LogP contribution in [0.4, 0.5) is 4.79 Å². The molecule has 1 aromatic carbocycles. The molecule has 3 saturated heterocycles. The maximum atomic E-state index is 13.4. The molecule has 0 aliphatic carbocycles. The molecule has 3 fully saturated rings. The van der Waals surface area contributed by atoms with E-state index in [0.29, 0.717) is 19.2 Å². The van der Waals surface area contributed by atoms with E-state index in [4.69, 9.17) is 14.3 Å². The minimum Gasteiger partial charge on any atom is -0.519 e. The van der Waals surface area contributed by atoms with E-state index >= 15 is 0 Å². The van der Waals surface area contributed by atoms with Crippen molar-refractivity contribution < 1.29 is 14.1 Å². The molecule has 4 heterocycles. The fourth-order valence-corrected chi connectivity index (χ4v) is 7.77. The molecule has 3 aliphatic rings. The van der Waals surface area contributed by atoms with Crippen molar-refractivity contribution in [2.24, 2.45) is 4.99 Å². The van der Waals surface area contributed by atoms with E-state index < -0.39 is 8.48 Å². The highest BCUT2D eigenvalue weighted by atomic mass is 28.4. The van der Waals surface area contributed by atoms with Crippen LogP contribution >= 0.6 is 0 Å². The van der Waals surface area contributed by atoms with Crippen LogP contribution in [0.3, 0.4) is 0 Å². The highest BCUT2D eigenvalue weighted by molar-refractivity contribution is 6.71. The second-order valence-corrected chi connectivity index (χ2v) is 14.0. The Morgan fingerprint density at radius 2 is 1.97 bits per heavy atom. The van der Waals surface area contributed by atoms with Crippen LogP contribution in [0.15, 0.2) is 54.0 Å². The summed E-state index contributed by atoms with van der Waals surface area (Å²) in [7, 11) is 0.0122. The summed E-state index contributed by atoms with van der Waals surface area (Å²) >= 11 is 0. The summed E-state index contributed by atoms with van der Waals surface area (Å²) in [4.78, 5) is 31.1. The number of benzene rings is 1. The van der Waals surface area contributed by atoms with Crippen molar-refractivity contribution in [2.45, 2.75) is 63.5 Å². The number of amides is 1. The maximum Gasteiger partial charge on any atom is 0.353 e. The predicted octanol–water partition coefficient (Wildman–Crippen LogP) is 3.34. The van der Waals surface area contributed by atoms with Crippen molar-refractivity contribution in [3.8, 4) is 0 Å².